The molecule has 7 heteroatoms. The van der Waals surface area contributed by atoms with Gasteiger partial charge in [0.05, 0.1) is 13.7 Å². The van der Waals surface area contributed by atoms with E-state index in [0.29, 0.717) is 24.6 Å². The van der Waals surface area contributed by atoms with Crippen molar-refractivity contribution in [3.05, 3.63) is 59.1 Å². The van der Waals surface area contributed by atoms with Crippen molar-refractivity contribution >= 4 is 23.4 Å². The van der Waals surface area contributed by atoms with Crippen LogP contribution in [0.3, 0.4) is 0 Å². The van der Waals surface area contributed by atoms with Crippen LogP contribution in [-0.4, -0.2) is 42.5 Å². The van der Waals surface area contributed by atoms with Crippen LogP contribution >= 0.6 is 11.6 Å². The summed E-state index contributed by atoms with van der Waals surface area (Å²) >= 11 is 6.14. The summed E-state index contributed by atoms with van der Waals surface area (Å²) in [5.41, 5.74) is 0.894. The number of nitrogens with one attached hydrogen (secondary N) is 1. The van der Waals surface area contributed by atoms with Gasteiger partial charge in [0.1, 0.15) is 17.5 Å². The minimum absolute atomic E-state index is 0.0811. The van der Waals surface area contributed by atoms with E-state index in [1.165, 1.54) is 0 Å². The lowest BCUT2D eigenvalue weighted by atomic mass is 10.1. The molecule has 1 aliphatic rings. The number of nitrogens with zero attached hydrogens (tertiary/aromatic N) is 1. The minimum Gasteiger partial charge on any atom is -0.497 e. The number of benzene rings is 2. The SMILES string of the molecule is COc1ccc(OCCCC(=O)N(Cc2cccc(Cl)c2)[C@@H](C)C(=O)NC2CCCC2)cc1. The Bertz CT molecular complexity index is 913. The average Bonchev–Trinajstić information content (AvgIpc) is 3.33. The fourth-order valence-electron chi connectivity index (χ4n) is 4.04. The molecule has 2 amide bonds. The summed E-state index contributed by atoms with van der Waals surface area (Å²) in [5, 5.41) is 3.72. The Labute approximate surface area is 201 Å². The lowest BCUT2D eigenvalue weighted by Crippen LogP contribution is -2.49. The topological polar surface area (TPSA) is 67.9 Å². The van der Waals surface area contributed by atoms with E-state index in [4.69, 9.17) is 21.1 Å². The van der Waals surface area contributed by atoms with Crippen molar-refractivity contribution in [2.75, 3.05) is 13.7 Å². The van der Waals surface area contributed by atoms with Gasteiger partial charge < -0.3 is 19.7 Å². The van der Waals surface area contributed by atoms with E-state index in [1.54, 1.807) is 25.0 Å². The molecule has 1 fully saturated rings. The number of hydrogen-bond donors (Lipinski definition) is 1. The maximum atomic E-state index is 13.2. The molecule has 0 aromatic heterocycles. The van der Waals surface area contributed by atoms with Crippen LogP contribution in [0.5, 0.6) is 11.5 Å². The summed E-state index contributed by atoms with van der Waals surface area (Å²) < 4.78 is 10.9. The van der Waals surface area contributed by atoms with Crippen LogP contribution in [0.25, 0.3) is 0 Å². The van der Waals surface area contributed by atoms with Gasteiger partial charge in [0.2, 0.25) is 11.8 Å². The third-order valence-corrected chi connectivity index (χ3v) is 6.21. The fraction of sp³-hybridized carbons (Fsp3) is 0.462. The zero-order valence-corrected chi connectivity index (χ0v) is 20.1. The molecule has 1 saturated carbocycles. The first-order chi connectivity index (χ1) is 16.0. The fourth-order valence-corrected chi connectivity index (χ4v) is 4.25. The van der Waals surface area contributed by atoms with E-state index in [1.807, 2.05) is 42.5 Å². The van der Waals surface area contributed by atoms with Crippen molar-refractivity contribution in [1.82, 2.24) is 10.2 Å². The van der Waals surface area contributed by atoms with Crippen LogP contribution in [0.1, 0.15) is 51.0 Å². The molecule has 0 heterocycles. The number of amides is 2. The second-order valence-electron chi connectivity index (χ2n) is 8.45. The standard InChI is InChI=1S/C26H33ClN2O4/c1-19(26(31)28-22-9-3-4-10-22)29(18-20-7-5-8-21(27)17-20)25(30)11-6-16-33-24-14-12-23(32-2)13-15-24/h5,7-8,12-15,17,19,22H,3-4,6,9-11,16,18H2,1-2H3,(H,28,31)/t19-/m0/s1. The molecule has 0 radical (unpaired) electrons. The van der Waals surface area contributed by atoms with Crippen molar-refractivity contribution in [2.24, 2.45) is 0 Å². The Morgan fingerprint density at radius 3 is 2.48 bits per heavy atom. The predicted molar refractivity (Wildman–Crippen MR) is 130 cm³/mol. The van der Waals surface area contributed by atoms with Gasteiger partial charge >= 0.3 is 0 Å². The van der Waals surface area contributed by atoms with Crippen LogP contribution in [0.2, 0.25) is 5.02 Å². The second-order valence-corrected chi connectivity index (χ2v) is 8.88. The lowest BCUT2D eigenvalue weighted by molar-refractivity contribution is -0.141. The van der Waals surface area contributed by atoms with Gasteiger partial charge in [0.25, 0.3) is 0 Å². The van der Waals surface area contributed by atoms with Crippen molar-refractivity contribution in [1.29, 1.82) is 0 Å². The Morgan fingerprint density at radius 1 is 1.12 bits per heavy atom. The van der Waals surface area contributed by atoms with E-state index >= 15 is 0 Å². The van der Waals surface area contributed by atoms with Gasteiger partial charge in [0, 0.05) is 24.0 Å². The Balaban J connectivity index is 1.58. The monoisotopic (exact) mass is 472 g/mol. The molecule has 2 aromatic carbocycles. The third kappa shape index (κ3) is 7.67. The van der Waals surface area contributed by atoms with E-state index in [9.17, 15) is 9.59 Å². The Morgan fingerprint density at radius 2 is 1.82 bits per heavy atom. The van der Waals surface area contributed by atoms with Gasteiger partial charge in [-0.05, 0) is 68.1 Å². The van der Waals surface area contributed by atoms with Gasteiger partial charge in [-0.2, -0.15) is 0 Å². The Kier molecular flexibility index (Phi) is 9.43. The summed E-state index contributed by atoms with van der Waals surface area (Å²) in [7, 11) is 1.62. The predicted octanol–water partition coefficient (Wildman–Crippen LogP) is 4.98. The highest BCUT2D eigenvalue weighted by Gasteiger charge is 2.28. The molecule has 178 valence electrons. The summed E-state index contributed by atoms with van der Waals surface area (Å²) in [6.07, 6.45) is 5.12. The smallest absolute Gasteiger partial charge is 0.242 e. The molecular weight excluding hydrogens is 440 g/mol. The molecule has 0 aliphatic heterocycles. The van der Waals surface area contributed by atoms with E-state index in [-0.39, 0.29) is 24.3 Å². The van der Waals surface area contributed by atoms with Gasteiger partial charge in [0.15, 0.2) is 0 Å². The highest BCUT2D eigenvalue weighted by molar-refractivity contribution is 6.30. The summed E-state index contributed by atoms with van der Waals surface area (Å²) in [4.78, 5) is 27.7. The van der Waals surface area contributed by atoms with Crippen LogP contribution in [0.4, 0.5) is 0 Å². The summed E-state index contributed by atoms with van der Waals surface area (Å²) in [6, 6.07) is 14.4. The molecule has 6 nitrogen and oxygen atoms in total. The first kappa shape index (κ1) is 24.9. The largest absolute Gasteiger partial charge is 0.497 e. The van der Waals surface area contributed by atoms with Crippen LogP contribution in [0.15, 0.2) is 48.5 Å². The van der Waals surface area contributed by atoms with Gasteiger partial charge in [-0.25, -0.2) is 0 Å². The lowest BCUT2D eigenvalue weighted by Gasteiger charge is -2.30. The maximum absolute atomic E-state index is 13.2. The summed E-state index contributed by atoms with van der Waals surface area (Å²) in [5.74, 6) is 1.30. The van der Waals surface area contributed by atoms with Crippen LogP contribution in [-0.2, 0) is 16.1 Å². The highest BCUT2D eigenvalue weighted by atomic mass is 35.5. The van der Waals surface area contributed by atoms with E-state index in [2.05, 4.69) is 5.32 Å². The van der Waals surface area contributed by atoms with Crippen molar-refractivity contribution < 1.29 is 19.1 Å². The van der Waals surface area contributed by atoms with Crippen LogP contribution < -0.4 is 14.8 Å². The number of rotatable bonds is 11. The number of halogens is 1. The molecule has 0 saturated heterocycles. The molecule has 1 N–H and O–H groups in total. The Hall–Kier alpha value is -2.73. The van der Waals surface area contributed by atoms with Crippen molar-refractivity contribution in [3.63, 3.8) is 0 Å². The number of ether oxygens (including phenoxy) is 2. The third-order valence-electron chi connectivity index (χ3n) is 5.97. The minimum atomic E-state index is -0.570. The summed E-state index contributed by atoms with van der Waals surface area (Å²) in [6.45, 7) is 2.53. The van der Waals surface area contributed by atoms with Gasteiger partial charge in [-0.15, -0.1) is 0 Å². The average molecular weight is 473 g/mol. The van der Waals surface area contributed by atoms with Gasteiger partial charge in [-0.3, -0.25) is 9.59 Å². The molecular formula is C26H33ClN2O4. The number of carbonyl (C=O) groups is 2. The highest BCUT2D eigenvalue weighted by Crippen LogP contribution is 2.20. The maximum Gasteiger partial charge on any atom is 0.242 e. The normalized spacial score (nSPS) is 14.5. The number of carbonyl (C=O) groups excluding carboxylic acids is 2. The molecule has 2 aromatic rings. The van der Waals surface area contributed by atoms with Crippen molar-refractivity contribution in [2.45, 2.75) is 64.1 Å². The molecule has 1 aliphatic carbocycles. The molecule has 1 atom stereocenters. The van der Waals surface area contributed by atoms with E-state index in [0.717, 1.165) is 42.7 Å². The molecule has 0 bridgehead atoms. The van der Waals surface area contributed by atoms with Crippen LogP contribution in [0, 0.1) is 0 Å². The second kappa shape index (κ2) is 12.5. The first-order valence-electron chi connectivity index (χ1n) is 11.6. The zero-order chi connectivity index (χ0) is 23.6. The molecule has 0 unspecified atom stereocenters. The zero-order valence-electron chi connectivity index (χ0n) is 19.4. The molecule has 3 rings (SSSR count). The first-order valence-corrected chi connectivity index (χ1v) is 11.9. The van der Waals surface area contributed by atoms with E-state index < -0.39 is 6.04 Å². The van der Waals surface area contributed by atoms with Gasteiger partial charge in [-0.1, -0.05) is 36.6 Å². The molecule has 33 heavy (non-hydrogen) atoms. The van der Waals surface area contributed by atoms with Crippen molar-refractivity contribution in [3.8, 4) is 11.5 Å². The molecule has 0 spiro atoms. The number of hydrogen-bond acceptors (Lipinski definition) is 4. The number of methoxy groups -OCH3 is 1. The quantitative estimate of drug-likeness (QED) is 0.468.